The number of hydrogen-bond donors (Lipinski definition) is 2. The van der Waals surface area contributed by atoms with E-state index in [4.69, 9.17) is 5.73 Å². The van der Waals surface area contributed by atoms with E-state index in [1.54, 1.807) is 24.4 Å². The van der Waals surface area contributed by atoms with Gasteiger partial charge in [0, 0.05) is 12.2 Å². The average molecular weight is 274 g/mol. The number of benzene rings is 1. The molecular formula is C15H19FN4. The summed E-state index contributed by atoms with van der Waals surface area (Å²) in [5, 5.41) is 3.40. The van der Waals surface area contributed by atoms with E-state index in [0.717, 1.165) is 5.56 Å². The third-order valence-electron chi connectivity index (χ3n) is 3.10. The topological polar surface area (TPSA) is 63.8 Å². The van der Waals surface area contributed by atoms with Crippen molar-refractivity contribution in [3.05, 3.63) is 53.7 Å². The summed E-state index contributed by atoms with van der Waals surface area (Å²) in [5.74, 6) is 1.24. The van der Waals surface area contributed by atoms with E-state index in [-0.39, 0.29) is 11.9 Å². The van der Waals surface area contributed by atoms with E-state index in [2.05, 4.69) is 29.1 Å². The highest BCUT2D eigenvalue weighted by molar-refractivity contribution is 5.25. The highest BCUT2D eigenvalue weighted by atomic mass is 19.1. The van der Waals surface area contributed by atoms with Gasteiger partial charge in [-0.05, 0) is 29.7 Å². The number of nitrogens with zero attached hydrogens (tertiary/aromatic N) is 2. The third kappa shape index (κ3) is 3.74. The Morgan fingerprint density at radius 2 is 1.90 bits per heavy atom. The molecule has 0 saturated heterocycles. The lowest BCUT2D eigenvalue weighted by molar-refractivity contribution is 0.405. The maximum atomic E-state index is 13.0. The molecule has 1 aromatic carbocycles. The molecule has 1 atom stereocenters. The molecule has 106 valence electrons. The van der Waals surface area contributed by atoms with Gasteiger partial charge in [-0.3, -0.25) is 0 Å². The van der Waals surface area contributed by atoms with E-state index in [0.29, 0.717) is 24.1 Å². The van der Waals surface area contributed by atoms with Crippen molar-refractivity contribution in [3.8, 4) is 0 Å². The van der Waals surface area contributed by atoms with Gasteiger partial charge < -0.3 is 11.1 Å². The number of anilines is 1. The van der Waals surface area contributed by atoms with Gasteiger partial charge in [-0.25, -0.2) is 14.4 Å². The molecular weight excluding hydrogens is 255 g/mol. The van der Waals surface area contributed by atoms with Crippen LogP contribution in [0, 0.1) is 11.7 Å². The van der Waals surface area contributed by atoms with Gasteiger partial charge in [0.2, 0.25) is 0 Å². The molecule has 0 unspecified atom stereocenters. The van der Waals surface area contributed by atoms with Crippen LogP contribution in [0.4, 0.5) is 10.2 Å². The zero-order valence-electron chi connectivity index (χ0n) is 11.7. The molecule has 4 nitrogen and oxygen atoms in total. The molecule has 0 bridgehead atoms. The Bertz CT molecular complexity index is 554. The van der Waals surface area contributed by atoms with Crippen molar-refractivity contribution >= 4 is 5.82 Å². The SMILES string of the molecule is CC(C)[C@H](NCc1nccc(N)n1)c1ccc(F)cc1. The molecule has 20 heavy (non-hydrogen) atoms. The zero-order valence-corrected chi connectivity index (χ0v) is 11.7. The lowest BCUT2D eigenvalue weighted by Gasteiger charge is -2.22. The summed E-state index contributed by atoms with van der Waals surface area (Å²) in [6, 6.07) is 8.32. The number of hydrogen-bond acceptors (Lipinski definition) is 4. The van der Waals surface area contributed by atoms with Gasteiger partial charge in [-0.15, -0.1) is 0 Å². The molecule has 0 aliphatic rings. The summed E-state index contributed by atoms with van der Waals surface area (Å²) >= 11 is 0. The fourth-order valence-electron chi connectivity index (χ4n) is 2.11. The van der Waals surface area contributed by atoms with Crippen molar-refractivity contribution < 1.29 is 4.39 Å². The van der Waals surface area contributed by atoms with Gasteiger partial charge in [0.1, 0.15) is 17.5 Å². The van der Waals surface area contributed by atoms with Crippen molar-refractivity contribution in [3.63, 3.8) is 0 Å². The first-order valence-corrected chi connectivity index (χ1v) is 6.62. The number of nitrogens with one attached hydrogen (secondary N) is 1. The minimum Gasteiger partial charge on any atom is -0.384 e. The van der Waals surface area contributed by atoms with Crippen LogP contribution in [0.2, 0.25) is 0 Å². The molecule has 2 rings (SSSR count). The van der Waals surface area contributed by atoms with E-state index in [1.807, 2.05) is 0 Å². The second-order valence-corrected chi connectivity index (χ2v) is 5.05. The van der Waals surface area contributed by atoms with Crippen LogP contribution in [0.5, 0.6) is 0 Å². The summed E-state index contributed by atoms with van der Waals surface area (Å²) in [5.41, 5.74) is 6.68. The van der Waals surface area contributed by atoms with Gasteiger partial charge in [-0.2, -0.15) is 0 Å². The second kappa shape index (κ2) is 6.43. The monoisotopic (exact) mass is 274 g/mol. The van der Waals surface area contributed by atoms with Crippen LogP contribution in [0.25, 0.3) is 0 Å². The van der Waals surface area contributed by atoms with Crippen LogP contribution in [-0.4, -0.2) is 9.97 Å². The van der Waals surface area contributed by atoms with Crippen molar-refractivity contribution in [1.29, 1.82) is 0 Å². The van der Waals surface area contributed by atoms with Gasteiger partial charge in [0.05, 0.1) is 6.54 Å². The van der Waals surface area contributed by atoms with Crippen LogP contribution in [0.15, 0.2) is 36.5 Å². The lowest BCUT2D eigenvalue weighted by atomic mass is 9.96. The number of aromatic nitrogens is 2. The third-order valence-corrected chi connectivity index (χ3v) is 3.10. The Balaban J connectivity index is 2.08. The smallest absolute Gasteiger partial charge is 0.144 e. The Morgan fingerprint density at radius 3 is 2.50 bits per heavy atom. The van der Waals surface area contributed by atoms with Gasteiger partial charge >= 0.3 is 0 Å². The molecule has 0 saturated carbocycles. The predicted octanol–water partition coefficient (Wildman–Crippen LogP) is 2.68. The minimum atomic E-state index is -0.226. The zero-order chi connectivity index (χ0) is 14.5. The van der Waals surface area contributed by atoms with Crippen LogP contribution in [0.3, 0.4) is 0 Å². The van der Waals surface area contributed by atoms with E-state index >= 15 is 0 Å². The summed E-state index contributed by atoms with van der Waals surface area (Å²) in [6.45, 7) is 4.74. The second-order valence-electron chi connectivity index (χ2n) is 5.05. The number of rotatable bonds is 5. The maximum Gasteiger partial charge on any atom is 0.144 e. The fraction of sp³-hybridized carbons (Fsp3) is 0.333. The van der Waals surface area contributed by atoms with Crippen molar-refractivity contribution in [1.82, 2.24) is 15.3 Å². The fourth-order valence-corrected chi connectivity index (χ4v) is 2.11. The average Bonchev–Trinajstić information content (AvgIpc) is 2.41. The van der Waals surface area contributed by atoms with Crippen LogP contribution < -0.4 is 11.1 Å². The van der Waals surface area contributed by atoms with Gasteiger partial charge in [0.15, 0.2) is 0 Å². The molecule has 0 spiro atoms. The Labute approximate surface area is 118 Å². The Hall–Kier alpha value is -2.01. The van der Waals surface area contributed by atoms with E-state index in [1.165, 1.54) is 12.1 Å². The first kappa shape index (κ1) is 14.4. The lowest BCUT2D eigenvalue weighted by Crippen LogP contribution is -2.26. The van der Waals surface area contributed by atoms with E-state index in [9.17, 15) is 4.39 Å². The summed E-state index contributed by atoms with van der Waals surface area (Å²) in [6.07, 6.45) is 1.64. The molecule has 0 amide bonds. The van der Waals surface area contributed by atoms with Gasteiger partial charge in [0.25, 0.3) is 0 Å². The quantitative estimate of drug-likeness (QED) is 0.880. The minimum absolute atomic E-state index is 0.112. The highest BCUT2D eigenvalue weighted by Crippen LogP contribution is 2.22. The molecule has 0 radical (unpaired) electrons. The van der Waals surface area contributed by atoms with Crippen molar-refractivity contribution in [2.24, 2.45) is 5.92 Å². The van der Waals surface area contributed by atoms with Crippen LogP contribution >= 0.6 is 0 Å². The summed E-state index contributed by atoms with van der Waals surface area (Å²) in [7, 11) is 0. The Morgan fingerprint density at radius 1 is 1.20 bits per heavy atom. The molecule has 1 heterocycles. The van der Waals surface area contributed by atoms with Crippen LogP contribution in [0.1, 0.15) is 31.3 Å². The first-order chi connectivity index (χ1) is 9.56. The van der Waals surface area contributed by atoms with Crippen LogP contribution in [-0.2, 0) is 6.54 Å². The van der Waals surface area contributed by atoms with Crippen molar-refractivity contribution in [2.75, 3.05) is 5.73 Å². The number of halogens is 1. The van der Waals surface area contributed by atoms with Crippen molar-refractivity contribution in [2.45, 2.75) is 26.4 Å². The Kier molecular flexibility index (Phi) is 4.63. The molecule has 0 aliphatic heterocycles. The van der Waals surface area contributed by atoms with Gasteiger partial charge in [-0.1, -0.05) is 26.0 Å². The molecule has 0 fully saturated rings. The first-order valence-electron chi connectivity index (χ1n) is 6.62. The molecule has 0 aliphatic carbocycles. The molecule has 1 aromatic heterocycles. The summed E-state index contributed by atoms with van der Waals surface area (Å²) < 4.78 is 13.0. The maximum absolute atomic E-state index is 13.0. The summed E-state index contributed by atoms with van der Waals surface area (Å²) in [4.78, 5) is 8.32. The predicted molar refractivity (Wildman–Crippen MR) is 77.3 cm³/mol. The normalized spacial score (nSPS) is 12.6. The number of nitrogens with two attached hydrogens (primary N) is 1. The standard InChI is InChI=1S/C15H19FN4/c1-10(2)15(11-3-5-12(16)6-4-11)19-9-14-18-8-7-13(17)20-14/h3-8,10,15,19H,9H2,1-2H3,(H2,17,18,20)/t15-/m0/s1. The molecule has 2 aromatic rings. The highest BCUT2D eigenvalue weighted by Gasteiger charge is 2.15. The largest absolute Gasteiger partial charge is 0.384 e. The molecule has 3 N–H and O–H groups in total. The number of nitrogen functional groups attached to an aromatic ring is 1. The molecule has 5 heteroatoms. The van der Waals surface area contributed by atoms with E-state index < -0.39 is 0 Å².